The SMILES string of the molecule is ClC1(c2ccccc2N2CCOCC2)[CH]C=CC=C1. The quantitative estimate of drug-likeness (QED) is 0.768. The van der Waals surface area contributed by atoms with Gasteiger partial charge in [0.05, 0.1) is 18.1 Å². The van der Waals surface area contributed by atoms with Crippen molar-refractivity contribution in [1.29, 1.82) is 0 Å². The van der Waals surface area contributed by atoms with E-state index in [1.165, 1.54) is 5.69 Å². The molecule has 3 rings (SSSR count). The maximum absolute atomic E-state index is 6.77. The Hall–Kier alpha value is -1.25. The van der Waals surface area contributed by atoms with E-state index in [9.17, 15) is 0 Å². The summed E-state index contributed by atoms with van der Waals surface area (Å²) in [5, 5.41) is 0. The van der Waals surface area contributed by atoms with Gasteiger partial charge in [0.1, 0.15) is 0 Å². The highest BCUT2D eigenvalue weighted by molar-refractivity contribution is 6.27. The summed E-state index contributed by atoms with van der Waals surface area (Å²) >= 11 is 6.77. The molecule has 1 radical (unpaired) electrons. The molecule has 1 heterocycles. The smallest absolute Gasteiger partial charge is 0.0967 e. The van der Waals surface area contributed by atoms with Gasteiger partial charge in [-0.25, -0.2) is 0 Å². The Morgan fingerprint density at radius 1 is 1.05 bits per heavy atom. The summed E-state index contributed by atoms with van der Waals surface area (Å²) in [5.74, 6) is 0. The van der Waals surface area contributed by atoms with Gasteiger partial charge in [0.2, 0.25) is 0 Å². The fourth-order valence-electron chi connectivity index (χ4n) is 2.57. The molecule has 1 atom stereocenters. The van der Waals surface area contributed by atoms with Crippen LogP contribution in [-0.2, 0) is 9.61 Å². The summed E-state index contributed by atoms with van der Waals surface area (Å²) in [6, 6.07) is 8.36. The zero-order valence-corrected chi connectivity index (χ0v) is 11.5. The van der Waals surface area contributed by atoms with Crippen molar-refractivity contribution in [1.82, 2.24) is 0 Å². The average Bonchev–Trinajstić information content (AvgIpc) is 2.49. The van der Waals surface area contributed by atoms with Crippen LogP contribution in [0.4, 0.5) is 5.69 Å². The van der Waals surface area contributed by atoms with Gasteiger partial charge in [-0.2, -0.15) is 0 Å². The van der Waals surface area contributed by atoms with Crippen molar-refractivity contribution < 1.29 is 4.74 Å². The van der Waals surface area contributed by atoms with Gasteiger partial charge in [0.15, 0.2) is 0 Å². The first-order valence-corrected chi connectivity index (χ1v) is 6.99. The first-order chi connectivity index (χ1) is 9.30. The van der Waals surface area contributed by atoms with Crippen molar-refractivity contribution in [3.8, 4) is 0 Å². The van der Waals surface area contributed by atoms with Crippen molar-refractivity contribution in [2.24, 2.45) is 0 Å². The Kier molecular flexibility index (Phi) is 3.63. The minimum absolute atomic E-state index is 0.538. The first-order valence-electron chi connectivity index (χ1n) is 6.61. The third kappa shape index (κ3) is 2.56. The van der Waals surface area contributed by atoms with Gasteiger partial charge < -0.3 is 9.64 Å². The molecule has 1 fully saturated rings. The van der Waals surface area contributed by atoms with Crippen molar-refractivity contribution >= 4 is 17.3 Å². The van der Waals surface area contributed by atoms with E-state index in [1.54, 1.807) is 0 Å². The first kappa shape index (κ1) is 12.8. The van der Waals surface area contributed by atoms with Crippen LogP contribution in [-0.4, -0.2) is 26.3 Å². The molecule has 3 heteroatoms. The number of halogens is 1. The summed E-state index contributed by atoms with van der Waals surface area (Å²) in [4.78, 5) is 1.81. The number of benzene rings is 1. The number of para-hydroxylation sites is 1. The van der Waals surface area contributed by atoms with Crippen LogP contribution in [0.5, 0.6) is 0 Å². The number of hydrogen-bond acceptors (Lipinski definition) is 2. The number of nitrogens with zero attached hydrogens (tertiary/aromatic N) is 1. The summed E-state index contributed by atoms with van der Waals surface area (Å²) in [5.41, 5.74) is 2.34. The molecule has 1 aromatic carbocycles. The molecule has 0 saturated carbocycles. The number of ether oxygens (including phenoxy) is 1. The molecular formula is C16H17ClNO. The predicted molar refractivity (Wildman–Crippen MR) is 79.6 cm³/mol. The van der Waals surface area contributed by atoms with Gasteiger partial charge in [0.25, 0.3) is 0 Å². The van der Waals surface area contributed by atoms with E-state index in [4.69, 9.17) is 16.3 Å². The second-order valence-corrected chi connectivity index (χ2v) is 5.42. The van der Waals surface area contributed by atoms with Gasteiger partial charge >= 0.3 is 0 Å². The fraction of sp³-hybridized carbons (Fsp3) is 0.312. The van der Waals surface area contributed by atoms with Crippen LogP contribution in [0.15, 0.2) is 48.6 Å². The third-order valence-electron chi connectivity index (χ3n) is 3.57. The van der Waals surface area contributed by atoms with E-state index < -0.39 is 4.87 Å². The minimum Gasteiger partial charge on any atom is -0.378 e. The van der Waals surface area contributed by atoms with E-state index in [0.717, 1.165) is 31.9 Å². The normalized spacial score (nSPS) is 26.7. The molecule has 1 aliphatic carbocycles. The fourth-order valence-corrected chi connectivity index (χ4v) is 2.87. The molecule has 2 nitrogen and oxygen atoms in total. The highest BCUT2D eigenvalue weighted by atomic mass is 35.5. The summed E-state index contributed by atoms with van der Waals surface area (Å²) in [6.45, 7) is 3.40. The highest BCUT2D eigenvalue weighted by Gasteiger charge is 2.30. The monoisotopic (exact) mass is 274 g/mol. The molecule has 1 saturated heterocycles. The van der Waals surface area contributed by atoms with Crippen molar-refractivity contribution in [2.45, 2.75) is 4.87 Å². The average molecular weight is 275 g/mol. The lowest BCUT2D eigenvalue weighted by atomic mass is 9.90. The second-order valence-electron chi connectivity index (χ2n) is 4.80. The largest absolute Gasteiger partial charge is 0.378 e. The van der Waals surface area contributed by atoms with Crippen LogP contribution in [0.1, 0.15) is 5.56 Å². The molecule has 1 aromatic rings. The van der Waals surface area contributed by atoms with Gasteiger partial charge in [0, 0.05) is 30.8 Å². The van der Waals surface area contributed by atoms with Gasteiger partial charge in [-0.1, -0.05) is 42.5 Å². The topological polar surface area (TPSA) is 12.5 Å². The van der Waals surface area contributed by atoms with Crippen LogP contribution in [0.3, 0.4) is 0 Å². The number of rotatable bonds is 2. The maximum Gasteiger partial charge on any atom is 0.0967 e. The van der Waals surface area contributed by atoms with Crippen molar-refractivity contribution in [2.75, 3.05) is 31.2 Å². The molecule has 0 spiro atoms. The van der Waals surface area contributed by atoms with Crippen molar-refractivity contribution in [3.63, 3.8) is 0 Å². The number of morpholine rings is 1. The molecule has 1 aliphatic heterocycles. The standard InChI is InChI=1S/C16H17ClNO/c17-16(8-4-1-5-9-16)14-6-2-3-7-15(14)18-10-12-19-13-11-18/h1-9H,10-13H2. The van der Waals surface area contributed by atoms with E-state index in [0.29, 0.717) is 0 Å². The Labute approximate surface area is 119 Å². The molecule has 0 N–H and O–H groups in total. The molecule has 1 unspecified atom stereocenters. The lowest BCUT2D eigenvalue weighted by molar-refractivity contribution is 0.122. The predicted octanol–water partition coefficient (Wildman–Crippen LogP) is 3.29. The van der Waals surface area contributed by atoms with Crippen LogP contribution >= 0.6 is 11.6 Å². The van der Waals surface area contributed by atoms with E-state index in [-0.39, 0.29) is 0 Å². The molecule has 99 valence electrons. The second kappa shape index (κ2) is 5.40. The van der Waals surface area contributed by atoms with Crippen LogP contribution < -0.4 is 4.90 Å². The van der Waals surface area contributed by atoms with Crippen molar-refractivity contribution in [3.05, 3.63) is 60.6 Å². The van der Waals surface area contributed by atoms with Gasteiger partial charge in [-0.15, -0.1) is 11.6 Å². The molecule has 0 amide bonds. The minimum atomic E-state index is -0.538. The Balaban J connectivity index is 1.97. The molecular weight excluding hydrogens is 258 g/mol. The molecule has 0 aromatic heterocycles. The van der Waals surface area contributed by atoms with E-state index in [1.807, 2.05) is 36.8 Å². The van der Waals surface area contributed by atoms with Crippen LogP contribution in [0.2, 0.25) is 0 Å². The zero-order chi connectivity index (χ0) is 13.1. The zero-order valence-electron chi connectivity index (χ0n) is 10.8. The number of alkyl halides is 1. The molecule has 2 aliphatic rings. The Morgan fingerprint density at radius 3 is 2.58 bits per heavy atom. The third-order valence-corrected chi connectivity index (χ3v) is 4.02. The lowest BCUT2D eigenvalue weighted by Crippen LogP contribution is -2.37. The van der Waals surface area contributed by atoms with Gasteiger partial charge in [-0.3, -0.25) is 0 Å². The number of allylic oxidation sites excluding steroid dienone is 4. The number of hydrogen-bond donors (Lipinski definition) is 0. The highest BCUT2D eigenvalue weighted by Crippen LogP contribution is 2.41. The van der Waals surface area contributed by atoms with E-state index in [2.05, 4.69) is 23.1 Å². The maximum atomic E-state index is 6.77. The summed E-state index contributed by atoms with van der Waals surface area (Å²) in [6.07, 6.45) is 10.1. The summed E-state index contributed by atoms with van der Waals surface area (Å²) < 4.78 is 5.42. The number of anilines is 1. The van der Waals surface area contributed by atoms with Crippen LogP contribution in [0, 0.1) is 6.42 Å². The Bertz CT molecular complexity index is 505. The Morgan fingerprint density at radius 2 is 1.84 bits per heavy atom. The summed E-state index contributed by atoms with van der Waals surface area (Å²) in [7, 11) is 0. The molecule has 0 bridgehead atoms. The van der Waals surface area contributed by atoms with E-state index >= 15 is 0 Å². The molecule has 19 heavy (non-hydrogen) atoms. The van der Waals surface area contributed by atoms with Crippen LogP contribution in [0.25, 0.3) is 0 Å². The lowest BCUT2D eigenvalue weighted by Gasteiger charge is -2.34. The van der Waals surface area contributed by atoms with Gasteiger partial charge in [-0.05, 0) is 6.07 Å².